The smallest absolute Gasteiger partial charge is 0.0157 e. The topological polar surface area (TPSA) is 12.0 Å². The minimum absolute atomic E-state index is 0.626. The van der Waals surface area contributed by atoms with Crippen LogP contribution >= 0.6 is 0 Å². The van der Waals surface area contributed by atoms with Crippen LogP contribution in [-0.4, -0.2) is 12.6 Å². The highest BCUT2D eigenvalue weighted by molar-refractivity contribution is 5.18. The van der Waals surface area contributed by atoms with E-state index in [2.05, 4.69) is 26.1 Å². The Labute approximate surface area is 94.0 Å². The summed E-state index contributed by atoms with van der Waals surface area (Å²) >= 11 is 0. The van der Waals surface area contributed by atoms with Crippen molar-refractivity contribution < 1.29 is 0 Å². The van der Waals surface area contributed by atoms with Gasteiger partial charge in [0, 0.05) is 6.04 Å². The molecule has 2 bridgehead atoms. The second-order valence-corrected chi connectivity index (χ2v) is 6.33. The molecular formula is C14H25N. The molecule has 86 valence electrons. The minimum atomic E-state index is 0.626. The van der Waals surface area contributed by atoms with E-state index >= 15 is 0 Å². The van der Waals surface area contributed by atoms with E-state index in [-0.39, 0.29) is 0 Å². The Kier molecular flexibility index (Phi) is 2.18. The van der Waals surface area contributed by atoms with E-state index in [0.717, 1.165) is 36.3 Å². The zero-order valence-electron chi connectivity index (χ0n) is 10.4. The molecule has 15 heavy (non-hydrogen) atoms. The molecule has 1 heteroatoms. The first-order valence-electron chi connectivity index (χ1n) is 6.95. The van der Waals surface area contributed by atoms with Gasteiger partial charge in [0.2, 0.25) is 0 Å². The van der Waals surface area contributed by atoms with Crippen molar-refractivity contribution in [2.24, 2.45) is 29.1 Å². The molecule has 3 rings (SSSR count). The fourth-order valence-electron chi connectivity index (χ4n) is 5.37. The zero-order valence-corrected chi connectivity index (χ0v) is 10.4. The highest BCUT2D eigenvalue weighted by atomic mass is 15.0. The van der Waals surface area contributed by atoms with Gasteiger partial charge >= 0.3 is 0 Å². The Hall–Kier alpha value is -0.0400. The quantitative estimate of drug-likeness (QED) is 0.750. The van der Waals surface area contributed by atoms with Gasteiger partial charge in [-0.25, -0.2) is 0 Å². The van der Waals surface area contributed by atoms with E-state index in [0.29, 0.717) is 5.41 Å². The van der Waals surface area contributed by atoms with Crippen molar-refractivity contribution in [3.8, 4) is 0 Å². The van der Waals surface area contributed by atoms with Gasteiger partial charge in [0.15, 0.2) is 0 Å². The average Bonchev–Trinajstić information content (AvgIpc) is 2.82. The third-order valence-electron chi connectivity index (χ3n) is 6.02. The van der Waals surface area contributed by atoms with Crippen LogP contribution in [0.4, 0.5) is 0 Å². The largest absolute Gasteiger partial charge is 0.313 e. The molecule has 0 saturated heterocycles. The molecule has 3 saturated carbocycles. The predicted octanol–water partition coefficient (Wildman–Crippen LogP) is 3.06. The zero-order chi connectivity index (χ0) is 10.6. The van der Waals surface area contributed by atoms with Gasteiger partial charge in [0.25, 0.3) is 0 Å². The van der Waals surface area contributed by atoms with Crippen molar-refractivity contribution in [1.29, 1.82) is 0 Å². The van der Waals surface area contributed by atoms with Crippen LogP contribution in [0.1, 0.15) is 46.5 Å². The van der Waals surface area contributed by atoms with Crippen LogP contribution in [0.3, 0.4) is 0 Å². The fraction of sp³-hybridized carbons (Fsp3) is 1.00. The number of rotatable bonds is 3. The lowest BCUT2D eigenvalue weighted by molar-refractivity contribution is -0.109. The van der Waals surface area contributed by atoms with Crippen molar-refractivity contribution in [2.45, 2.75) is 52.5 Å². The van der Waals surface area contributed by atoms with Gasteiger partial charge in [0.1, 0.15) is 0 Å². The second-order valence-electron chi connectivity index (χ2n) is 6.33. The van der Waals surface area contributed by atoms with Gasteiger partial charge in [-0.1, -0.05) is 20.8 Å². The van der Waals surface area contributed by atoms with Crippen LogP contribution in [-0.2, 0) is 0 Å². The maximum atomic E-state index is 3.78. The number of hydrogen-bond acceptors (Lipinski definition) is 1. The van der Waals surface area contributed by atoms with Crippen LogP contribution < -0.4 is 5.32 Å². The Morgan fingerprint density at radius 2 is 1.93 bits per heavy atom. The molecule has 0 aromatic heterocycles. The molecular weight excluding hydrogens is 182 g/mol. The second kappa shape index (κ2) is 3.23. The first-order valence-corrected chi connectivity index (χ1v) is 6.95. The summed E-state index contributed by atoms with van der Waals surface area (Å²) in [6, 6.07) is 0.841. The van der Waals surface area contributed by atoms with Gasteiger partial charge < -0.3 is 5.32 Å². The molecule has 0 spiro atoms. The van der Waals surface area contributed by atoms with E-state index in [1.54, 1.807) is 12.8 Å². The first kappa shape index (κ1) is 10.1. The van der Waals surface area contributed by atoms with E-state index in [4.69, 9.17) is 0 Å². The van der Waals surface area contributed by atoms with Crippen LogP contribution in [0, 0.1) is 29.1 Å². The summed E-state index contributed by atoms with van der Waals surface area (Å²) in [6.45, 7) is 8.35. The molecule has 3 fully saturated rings. The predicted molar refractivity (Wildman–Crippen MR) is 63.7 cm³/mol. The first-order chi connectivity index (χ1) is 7.22. The normalized spacial score (nSPS) is 56.6. The molecule has 0 aromatic rings. The Morgan fingerprint density at radius 3 is 2.60 bits per heavy atom. The lowest BCUT2D eigenvalue weighted by Gasteiger charge is -2.62. The fourth-order valence-corrected chi connectivity index (χ4v) is 5.37. The molecule has 0 aromatic carbocycles. The summed E-state index contributed by atoms with van der Waals surface area (Å²) in [5, 5.41) is 3.78. The Morgan fingerprint density at radius 1 is 1.20 bits per heavy atom. The third kappa shape index (κ3) is 1.08. The lowest BCUT2D eigenvalue weighted by atomic mass is 9.46. The molecule has 6 atom stereocenters. The van der Waals surface area contributed by atoms with Gasteiger partial charge in [-0.15, -0.1) is 0 Å². The van der Waals surface area contributed by atoms with Crippen molar-refractivity contribution in [3.05, 3.63) is 0 Å². The van der Waals surface area contributed by atoms with Crippen LogP contribution in [0.5, 0.6) is 0 Å². The van der Waals surface area contributed by atoms with E-state index in [1.165, 1.54) is 12.8 Å². The molecule has 0 heterocycles. The SMILES string of the molecule is CCNC1C2C3CCC(C3)C2C1(C)CC. The van der Waals surface area contributed by atoms with Gasteiger partial charge in [-0.3, -0.25) is 0 Å². The molecule has 3 aliphatic carbocycles. The molecule has 1 nitrogen and oxygen atoms in total. The molecule has 0 aliphatic heterocycles. The van der Waals surface area contributed by atoms with E-state index < -0.39 is 0 Å². The monoisotopic (exact) mass is 207 g/mol. The highest BCUT2D eigenvalue weighted by Gasteiger charge is 2.67. The van der Waals surface area contributed by atoms with Crippen molar-refractivity contribution in [3.63, 3.8) is 0 Å². The van der Waals surface area contributed by atoms with Gasteiger partial charge in [-0.05, 0) is 61.3 Å². The van der Waals surface area contributed by atoms with Crippen LogP contribution in [0.25, 0.3) is 0 Å². The molecule has 0 amide bonds. The molecule has 3 aliphatic rings. The van der Waals surface area contributed by atoms with Crippen LogP contribution in [0.2, 0.25) is 0 Å². The summed E-state index contributed by atoms with van der Waals surface area (Å²) < 4.78 is 0. The van der Waals surface area contributed by atoms with E-state index in [1.807, 2.05) is 0 Å². The third-order valence-corrected chi connectivity index (χ3v) is 6.02. The van der Waals surface area contributed by atoms with E-state index in [9.17, 15) is 0 Å². The maximum Gasteiger partial charge on any atom is 0.0157 e. The summed E-state index contributed by atoms with van der Waals surface area (Å²) in [4.78, 5) is 0. The number of hydrogen-bond donors (Lipinski definition) is 1. The Balaban J connectivity index is 1.84. The minimum Gasteiger partial charge on any atom is -0.313 e. The maximum absolute atomic E-state index is 3.78. The number of nitrogens with one attached hydrogen (secondary N) is 1. The van der Waals surface area contributed by atoms with Gasteiger partial charge in [0.05, 0.1) is 0 Å². The Bertz CT molecular complexity index is 262. The summed E-state index contributed by atoms with van der Waals surface area (Å²) in [5.74, 6) is 4.31. The highest BCUT2D eigenvalue weighted by Crippen LogP contribution is 2.69. The summed E-state index contributed by atoms with van der Waals surface area (Å²) in [6.07, 6.45) is 6.01. The van der Waals surface area contributed by atoms with Crippen LogP contribution in [0.15, 0.2) is 0 Å². The lowest BCUT2D eigenvalue weighted by Crippen LogP contribution is -2.66. The summed E-state index contributed by atoms with van der Waals surface area (Å²) in [5.41, 5.74) is 0.626. The van der Waals surface area contributed by atoms with Crippen molar-refractivity contribution in [1.82, 2.24) is 5.32 Å². The van der Waals surface area contributed by atoms with Gasteiger partial charge in [-0.2, -0.15) is 0 Å². The van der Waals surface area contributed by atoms with Crippen molar-refractivity contribution >= 4 is 0 Å². The molecule has 0 radical (unpaired) electrons. The summed E-state index contributed by atoms with van der Waals surface area (Å²) in [7, 11) is 0. The molecule has 1 N–H and O–H groups in total. The standard InChI is InChI=1S/C14H25N/c1-4-14(3)12-10-7-6-9(8-10)11(12)13(14)15-5-2/h9-13,15H,4-8H2,1-3H3. The molecule has 6 unspecified atom stereocenters. The van der Waals surface area contributed by atoms with Crippen molar-refractivity contribution in [2.75, 3.05) is 6.54 Å². The number of fused-ring (bicyclic) bond motifs is 5. The average molecular weight is 207 g/mol.